The molecule has 12 nitrogen and oxygen atoms in total. The van der Waals surface area contributed by atoms with Crippen LogP contribution in [0, 0.1) is 11.8 Å². The van der Waals surface area contributed by atoms with Gasteiger partial charge >= 0.3 is 0 Å². The predicted molar refractivity (Wildman–Crippen MR) is 174 cm³/mol. The lowest BCUT2D eigenvalue weighted by Crippen LogP contribution is -2.41. The van der Waals surface area contributed by atoms with Crippen molar-refractivity contribution in [1.29, 1.82) is 0 Å². The Kier molecular flexibility index (Phi) is 10.5. The zero-order valence-corrected chi connectivity index (χ0v) is 28.1. The summed E-state index contributed by atoms with van der Waals surface area (Å²) in [6.45, 7) is 8.98. The molecule has 0 aromatic heterocycles. The molecule has 0 fully saturated rings. The Morgan fingerprint density at radius 3 is 1.73 bits per heavy atom. The van der Waals surface area contributed by atoms with Gasteiger partial charge in [0, 0.05) is 33.2 Å². The van der Waals surface area contributed by atoms with Gasteiger partial charge in [-0.2, -0.15) is 0 Å². The summed E-state index contributed by atoms with van der Waals surface area (Å²) >= 11 is 6.85. The average molecular weight is 732 g/mol. The number of carbonyl (C=O) groups is 4. The van der Waals surface area contributed by atoms with Gasteiger partial charge in [0.05, 0.1) is 24.9 Å². The molecule has 2 aromatic carbocycles. The SMILES string of the molecule is CC(C)CN1C(=O)c2cc(Br)ccc2C1CC(=O)NC(N)=NN=C(N)NC(=O)CC1c2cc(Br)ccc2C(=O)N1CC(C)C. The molecule has 14 heteroatoms. The van der Waals surface area contributed by atoms with Crippen molar-refractivity contribution < 1.29 is 19.2 Å². The zero-order valence-electron chi connectivity index (χ0n) is 24.9. The van der Waals surface area contributed by atoms with Gasteiger partial charge in [-0.1, -0.05) is 65.6 Å². The van der Waals surface area contributed by atoms with E-state index in [4.69, 9.17) is 11.5 Å². The molecule has 4 amide bonds. The van der Waals surface area contributed by atoms with Crippen molar-refractivity contribution in [3.8, 4) is 0 Å². The van der Waals surface area contributed by atoms with Crippen LogP contribution in [0.2, 0.25) is 0 Å². The number of guanidine groups is 2. The van der Waals surface area contributed by atoms with Gasteiger partial charge in [0.1, 0.15) is 0 Å². The van der Waals surface area contributed by atoms with E-state index >= 15 is 0 Å². The van der Waals surface area contributed by atoms with E-state index in [9.17, 15) is 19.2 Å². The normalized spacial score (nSPS) is 18.3. The van der Waals surface area contributed by atoms with Crippen LogP contribution in [0.15, 0.2) is 55.5 Å². The first-order valence-electron chi connectivity index (χ1n) is 14.2. The Morgan fingerprint density at radius 1 is 0.750 bits per heavy atom. The van der Waals surface area contributed by atoms with Crippen LogP contribution < -0.4 is 22.1 Å². The molecular weight excluding hydrogens is 696 g/mol. The summed E-state index contributed by atoms with van der Waals surface area (Å²) < 4.78 is 1.58. The van der Waals surface area contributed by atoms with E-state index in [1.807, 2.05) is 45.9 Å². The summed E-state index contributed by atoms with van der Waals surface area (Å²) in [6, 6.07) is 9.89. The quantitative estimate of drug-likeness (QED) is 0.173. The Balaban J connectivity index is 1.38. The molecule has 4 rings (SSSR count). The molecule has 2 atom stereocenters. The van der Waals surface area contributed by atoms with Crippen LogP contribution in [0.3, 0.4) is 0 Å². The second-order valence-electron chi connectivity index (χ2n) is 11.7. The van der Waals surface area contributed by atoms with E-state index in [1.54, 1.807) is 28.0 Å². The fourth-order valence-electron chi connectivity index (χ4n) is 5.48. The number of rotatable bonds is 9. The van der Waals surface area contributed by atoms with E-state index in [0.717, 1.165) is 20.1 Å². The van der Waals surface area contributed by atoms with Crippen molar-refractivity contribution in [2.75, 3.05) is 13.1 Å². The minimum Gasteiger partial charge on any atom is -0.368 e. The molecule has 0 aliphatic carbocycles. The lowest BCUT2D eigenvalue weighted by atomic mass is 10.0. The summed E-state index contributed by atoms with van der Waals surface area (Å²) in [6.07, 6.45) is -0.0804. The van der Waals surface area contributed by atoms with E-state index in [1.165, 1.54) is 0 Å². The maximum absolute atomic E-state index is 13.1. The molecule has 44 heavy (non-hydrogen) atoms. The van der Waals surface area contributed by atoms with Crippen molar-refractivity contribution in [2.24, 2.45) is 33.5 Å². The first kappa shape index (κ1) is 33.1. The van der Waals surface area contributed by atoms with E-state index in [-0.39, 0.29) is 48.4 Å². The first-order valence-corrected chi connectivity index (χ1v) is 15.8. The number of amides is 4. The average Bonchev–Trinajstić information content (AvgIpc) is 3.31. The summed E-state index contributed by atoms with van der Waals surface area (Å²) in [4.78, 5) is 55.3. The van der Waals surface area contributed by atoms with Crippen LogP contribution in [0.25, 0.3) is 0 Å². The highest BCUT2D eigenvalue weighted by molar-refractivity contribution is 9.10. The number of benzene rings is 2. The van der Waals surface area contributed by atoms with Crippen LogP contribution in [0.1, 0.15) is 84.5 Å². The number of hydrogen-bond acceptors (Lipinski definition) is 6. The fourth-order valence-corrected chi connectivity index (χ4v) is 6.22. The van der Waals surface area contributed by atoms with Crippen molar-refractivity contribution in [1.82, 2.24) is 20.4 Å². The highest BCUT2D eigenvalue weighted by atomic mass is 79.9. The minimum absolute atomic E-state index is 0.0379. The van der Waals surface area contributed by atoms with Crippen molar-refractivity contribution >= 4 is 67.4 Å². The standard InChI is InChI=1S/C30H36Br2N8O4/c1-15(2)13-39-23(19-7-5-18(32)10-22(19)28(39)44)11-25(41)35-29(33)37-38-30(34)36-26(42)12-24-21-9-17(31)6-8-20(21)27(43)40(24)14-16(3)4/h5-10,15-16,23-24H,11-14H2,1-4H3,(H3,33,35,37,41)(H3,34,36,38,42). The maximum Gasteiger partial charge on any atom is 0.254 e. The first-order chi connectivity index (χ1) is 20.7. The number of hydrogen-bond donors (Lipinski definition) is 4. The van der Waals surface area contributed by atoms with Crippen LogP contribution in [0.5, 0.6) is 0 Å². The molecule has 0 saturated heterocycles. The van der Waals surface area contributed by atoms with Gasteiger partial charge in [0.25, 0.3) is 11.8 Å². The van der Waals surface area contributed by atoms with Crippen LogP contribution >= 0.6 is 31.9 Å². The molecule has 234 valence electrons. The van der Waals surface area contributed by atoms with Gasteiger partial charge in [0.2, 0.25) is 23.7 Å². The highest BCUT2D eigenvalue weighted by Gasteiger charge is 2.39. The number of halogens is 2. The van der Waals surface area contributed by atoms with Gasteiger partial charge in [-0.05, 0) is 53.3 Å². The number of nitrogens with zero attached hydrogens (tertiary/aromatic N) is 4. The molecule has 2 aliphatic heterocycles. The molecule has 6 N–H and O–H groups in total. The molecule has 2 aromatic rings. The van der Waals surface area contributed by atoms with Gasteiger partial charge in [0.15, 0.2) is 0 Å². The molecule has 0 saturated carbocycles. The molecular formula is C30H36Br2N8O4. The van der Waals surface area contributed by atoms with Crippen LogP contribution in [0.4, 0.5) is 0 Å². The van der Waals surface area contributed by atoms with Gasteiger partial charge in [-0.3, -0.25) is 29.8 Å². The molecule has 0 radical (unpaired) electrons. The second-order valence-corrected chi connectivity index (χ2v) is 13.5. The molecule has 2 aliphatic rings. The number of nitrogens with one attached hydrogen (secondary N) is 2. The van der Waals surface area contributed by atoms with Gasteiger partial charge < -0.3 is 21.3 Å². The molecule has 2 unspecified atom stereocenters. The van der Waals surface area contributed by atoms with Gasteiger partial charge in [-0.25, -0.2) is 0 Å². The Morgan fingerprint density at radius 2 is 1.20 bits per heavy atom. The third-order valence-corrected chi connectivity index (χ3v) is 8.15. The maximum atomic E-state index is 13.1. The van der Waals surface area contributed by atoms with Gasteiger partial charge in [-0.15, -0.1) is 10.2 Å². The third-order valence-electron chi connectivity index (χ3n) is 7.16. The number of fused-ring (bicyclic) bond motifs is 2. The lowest BCUT2D eigenvalue weighted by molar-refractivity contribution is -0.121. The number of nitrogens with two attached hydrogens (primary N) is 2. The predicted octanol–water partition coefficient (Wildman–Crippen LogP) is 3.77. The van der Waals surface area contributed by atoms with Crippen molar-refractivity contribution in [3.05, 3.63) is 67.6 Å². The van der Waals surface area contributed by atoms with Crippen LogP contribution in [-0.2, 0) is 9.59 Å². The second kappa shape index (κ2) is 13.9. The molecule has 0 spiro atoms. The minimum atomic E-state index is -0.470. The molecule has 0 bridgehead atoms. The van der Waals surface area contributed by atoms with E-state index in [0.29, 0.717) is 24.2 Å². The highest BCUT2D eigenvalue weighted by Crippen LogP contribution is 2.39. The Bertz CT molecular complexity index is 1540. The lowest BCUT2D eigenvalue weighted by Gasteiger charge is -2.26. The monoisotopic (exact) mass is 730 g/mol. The summed E-state index contributed by atoms with van der Waals surface area (Å²) in [5.41, 5.74) is 14.4. The smallest absolute Gasteiger partial charge is 0.254 e. The van der Waals surface area contributed by atoms with E-state index in [2.05, 4.69) is 52.7 Å². The summed E-state index contributed by atoms with van der Waals surface area (Å²) in [5.74, 6) is -1.45. The number of carbonyl (C=O) groups excluding carboxylic acids is 4. The topological polar surface area (TPSA) is 176 Å². The van der Waals surface area contributed by atoms with E-state index < -0.39 is 23.9 Å². The van der Waals surface area contributed by atoms with Crippen molar-refractivity contribution in [3.63, 3.8) is 0 Å². The van der Waals surface area contributed by atoms with Crippen molar-refractivity contribution in [2.45, 2.75) is 52.6 Å². The Labute approximate surface area is 272 Å². The molecule has 2 heterocycles. The summed E-state index contributed by atoms with van der Waals surface area (Å²) in [5, 5.41) is 12.4. The third kappa shape index (κ3) is 7.65. The Hall–Kier alpha value is -3.78. The largest absolute Gasteiger partial charge is 0.368 e. The summed E-state index contributed by atoms with van der Waals surface area (Å²) in [7, 11) is 0. The fraction of sp³-hybridized carbons (Fsp3) is 0.400. The van der Waals surface area contributed by atoms with Crippen LogP contribution in [-0.4, -0.2) is 58.4 Å². The zero-order chi connectivity index (χ0) is 32.3.